The second-order valence-electron chi connectivity index (χ2n) is 10.2. The van der Waals surface area contributed by atoms with Crippen molar-refractivity contribution in [1.29, 1.82) is 0 Å². The predicted octanol–water partition coefficient (Wildman–Crippen LogP) is 7.11. The van der Waals surface area contributed by atoms with Crippen molar-refractivity contribution in [2.45, 2.75) is 38.5 Å². The van der Waals surface area contributed by atoms with E-state index in [4.69, 9.17) is 18.9 Å². The molecule has 0 heterocycles. The Labute approximate surface area is 256 Å². The number of benzene rings is 3. The van der Waals surface area contributed by atoms with Crippen LogP contribution in [0.4, 0.5) is 4.39 Å². The summed E-state index contributed by atoms with van der Waals surface area (Å²) >= 11 is 0. The van der Waals surface area contributed by atoms with Gasteiger partial charge in [-0.15, -0.1) is 0 Å². The van der Waals surface area contributed by atoms with Gasteiger partial charge in [-0.1, -0.05) is 32.2 Å². The molecule has 3 aromatic carbocycles. The first-order chi connectivity index (χ1) is 21.3. The lowest BCUT2D eigenvalue weighted by atomic mass is 9.99. The quantitative estimate of drug-likeness (QED) is 0.0741. The van der Waals surface area contributed by atoms with Crippen LogP contribution in [0.1, 0.15) is 60.0 Å². The molecule has 8 nitrogen and oxygen atoms in total. The van der Waals surface area contributed by atoms with Crippen LogP contribution in [0.3, 0.4) is 0 Å². The van der Waals surface area contributed by atoms with Crippen LogP contribution in [0.2, 0.25) is 0 Å². The van der Waals surface area contributed by atoms with Crippen LogP contribution in [0.5, 0.6) is 17.2 Å². The maximum Gasteiger partial charge on any atom is 0.366 e. The summed E-state index contributed by atoms with van der Waals surface area (Å²) in [5, 5.41) is 0. The Bertz CT molecular complexity index is 1510. The van der Waals surface area contributed by atoms with Crippen LogP contribution in [0.15, 0.2) is 85.7 Å². The normalized spacial score (nSPS) is 12.8. The molecule has 9 heteroatoms. The lowest BCUT2D eigenvalue weighted by molar-refractivity contribution is -0.141. The first-order valence-electron chi connectivity index (χ1n) is 14.4. The summed E-state index contributed by atoms with van der Waals surface area (Å²) < 4.78 is 39.3. The molecule has 0 spiro atoms. The zero-order valence-corrected chi connectivity index (χ0v) is 24.6. The van der Waals surface area contributed by atoms with Crippen molar-refractivity contribution in [3.8, 4) is 28.4 Å². The molecule has 1 aliphatic carbocycles. The van der Waals surface area contributed by atoms with Crippen LogP contribution < -0.4 is 14.2 Å². The topological polar surface area (TPSA) is 97.4 Å². The Morgan fingerprint density at radius 1 is 0.750 bits per heavy atom. The Kier molecular flexibility index (Phi) is 11.3. The van der Waals surface area contributed by atoms with E-state index in [1.165, 1.54) is 6.08 Å². The minimum Gasteiger partial charge on any atom is -0.494 e. The van der Waals surface area contributed by atoms with Gasteiger partial charge in [-0.2, -0.15) is 4.39 Å². The molecule has 44 heavy (non-hydrogen) atoms. The number of ether oxygens (including phenoxy) is 5. The van der Waals surface area contributed by atoms with E-state index in [2.05, 4.69) is 37.0 Å². The van der Waals surface area contributed by atoms with Crippen LogP contribution in [-0.4, -0.2) is 44.3 Å². The number of esters is 3. The minimum absolute atomic E-state index is 0.0180. The molecule has 1 atom stereocenters. The van der Waals surface area contributed by atoms with Gasteiger partial charge < -0.3 is 23.7 Å². The van der Waals surface area contributed by atoms with Crippen molar-refractivity contribution >= 4 is 17.9 Å². The van der Waals surface area contributed by atoms with Gasteiger partial charge in [0.05, 0.1) is 18.8 Å². The third-order valence-electron chi connectivity index (χ3n) is 7.09. The van der Waals surface area contributed by atoms with E-state index in [1.807, 2.05) is 18.2 Å². The maximum atomic E-state index is 12.8. The fourth-order valence-corrected chi connectivity index (χ4v) is 4.81. The summed E-state index contributed by atoms with van der Waals surface area (Å²) in [6, 6.07) is 18.1. The Balaban J connectivity index is 1.25. The summed E-state index contributed by atoms with van der Waals surface area (Å²) in [4.78, 5) is 34.9. The van der Waals surface area contributed by atoms with E-state index < -0.39 is 23.7 Å². The molecule has 230 valence electrons. The van der Waals surface area contributed by atoms with Crippen molar-refractivity contribution in [1.82, 2.24) is 0 Å². The SMILES string of the molecule is C=CC(=O)OCCCCCCOc1ccc2c(c1)C(C)c1cc(OC(=O)c3ccc(OCCOC(=O)C(=C)F)cc3)ccc1-2. The average Bonchev–Trinajstić information content (AvgIpc) is 3.30. The number of hydrogen-bond acceptors (Lipinski definition) is 8. The molecule has 0 fully saturated rings. The molecule has 3 aromatic rings. The highest BCUT2D eigenvalue weighted by molar-refractivity contribution is 5.91. The van der Waals surface area contributed by atoms with Gasteiger partial charge in [0.2, 0.25) is 5.83 Å². The molecular weight excluding hydrogens is 567 g/mol. The van der Waals surface area contributed by atoms with E-state index in [1.54, 1.807) is 30.3 Å². The van der Waals surface area contributed by atoms with Gasteiger partial charge >= 0.3 is 17.9 Å². The standard InChI is InChI=1S/C35H35FO8/c1-4-33(37)42-18-8-6-5-7-17-40-27-13-15-29-30-16-14-28(22-32(30)23(2)31(29)21-27)44-35(39)25-9-11-26(12-10-25)41-19-20-43-34(38)24(3)36/h4,9-16,21-23H,1,3,5-8,17-20H2,2H3. The second kappa shape index (κ2) is 15.5. The first kappa shape index (κ1) is 32.0. The summed E-state index contributed by atoms with van der Waals surface area (Å²) in [5.74, 6) is -1.39. The molecule has 0 amide bonds. The molecule has 0 saturated heterocycles. The lowest BCUT2D eigenvalue weighted by Gasteiger charge is -2.11. The van der Waals surface area contributed by atoms with Crippen molar-refractivity contribution in [2.24, 2.45) is 0 Å². The highest BCUT2D eigenvalue weighted by Gasteiger charge is 2.27. The number of unbranched alkanes of at least 4 members (excludes halogenated alkanes) is 3. The number of carbonyl (C=O) groups is 3. The van der Waals surface area contributed by atoms with Gasteiger partial charge in [-0.25, -0.2) is 14.4 Å². The Hall–Kier alpha value is -4.92. The molecule has 0 N–H and O–H groups in total. The van der Waals surface area contributed by atoms with Gasteiger partial charge in [0.25, 0.3) is 0 Å². The summed E-state index contributed by atoms with van der Waals surface area (Å²) in [6.45, 7) is 9.25. The van der Waals surface area contributed by atoms with Gasteiger partial charge in [-0.05, 0) is 96.5 Å². The molecule has 0 saturated carbocycles. The van der Waals surface area contributed by atoms with E-state index in [-0.39, 0.29) is 19.1 Å². The highest BCUT2D eigenvalue weighted by atomic mass is 19.1. The number of halogens is 1. The number of fused-ring (bicyclic) bond motifs is 3. The lowest BCUT2D eigenvalue weighted by Crippen LogP contribution is -2.12. The van der Waals surface area contributed by atoms with Crippen LogP contribution in [0.25, 0.3) is 11.1 Å². The molecule has 0 aromatic heterocycles. The van der Waals surface area contributed by atoms with Crippen molar-refractivity contribution in [2.75, 3.05) is 26.4 Å². The third kappa shape index (κ3) is 8.56. The van der Waals surface area contributed by atoms with Crippen molar-refractivity contribution in [3.05, 3.63) is 102 Å². The second-order valence-corrected chi connectivity index (χ2v) is 10.2. The Morgan fingerprint density at radius 3 is 2.00 bits per heavy atom. The third-order valence-corrected chi connectivity index (χ3v) is 7.09. The summed E-state index contributed by atoms with van der Waals surface area (Å²) in [6.07, 6.45) is 4.83. The molecule has 0 radical (unpaired) electrons. The van der Waals surface area contributed by atoms with E-state index >= 15 is 0 Å². The summed E-state index contributed by atoms with van der Waals surface area (Å²) in [5.41, 5.74) is 4.79. The zero-order valence-electron chi connectivity index (χ0n) is 24.6. The van der Waals surface area contributed by atoms with Crippen LogP contribution in [-0.2, 0) is 19.1 Å². The number of rotatable bonds is 16. The molecule has 4 rings (SSSR count). The molecule has 1 aliphatic rings. The van der Waals surface area contributed by atoms with E-state index in [0.29, 0.717) is 30.3 Å². The van der Waals surface area contributed by atoms with Gasteiger partial charge in [-0.3, -0.25) is 0 Å². The molecule has 1 unspecified atom stereocenters. The fourth-order valence-electron chi connectivity index (χ4n) is 4.81. The fraction of sp³-hybridized carbons (Fsp3) is 0.286. The average molecular weight is 603 g/mol. The molecule has 0 bridgehead atoms. The van der Waals surface area contributed by atoms with Gasteiger partial charge in [0.1, 0.15) is 30.5 Å². The summed E-state index contributed by atoms with van der Waals surface area (Å²) in [7, 11) is 0. The van der Waals surface area contributed by atoms with Crippen molar-refractivity contribution < 1.29 is 42.5 Å². The monoisotopic (exact) mass is 602 g/mol. The van der Waals surface area contributed by atoms with E-state index in [0.717, 1.165) is 53.7 Å². The zero-order chi connectivity index (χ0) is 31.5. The van der Waals surface area contributed by atoms with Gasteiger partial charge in [0.15, 0.2) is 0 Å². The van der Waals surface area contributed by atoms with E-state index in [9.17, 15) is 18.8 Å². The first-order valence-corrected chi connectivity index (χ1v) is 14.4. The van der Waals surface area contributed by atoms with Crippen LogP contribution in [0, 0.1) is 0 Å². The predicted molar refractivity (Wildman–Crippen MR) is 163 cm³/mol. The van der Waals surface area contributed by atoms with Crippen molar-refractivity contribution in [3.63, 3.8) is 0 Å². The smallest absolute Gasteiger partial charge is 0.366 e. The van der Waals surface area contributed by atoms with Gasteiger partial charge in [0, 0.05) is 12.0 Å². The molecule has 0 aliphatic heterocycles. The minimum atomic E-state index is -1.17. The van der Waals surface area contributed by atoms with Crippen LogP contribution >= 0.6 is 0 Å². The molecular formula is C35H35FO8. The number of carbonyl (C=O) groups excluding carboxylic acids is 3. The number of hydrogen-bond donors (Lipinski definition) is 0. The largest absolute Gasteiger partial charge is 0.494 e. The maximum absolute atomic E-state index is 12.8. The Morgan fingerprint density at radius 2 is 1.34 bits per heavy atom. The highest BCUT2D eigenvalue weighted by Crippen LogP contribution is 2.47.